The molecule has 0 bridgehead atoms. The molecule has 1 saturated heterocycles. The number of anilines is 1. The van der Waals surface area contributed by atoms with Crippen molar-refractivity contribution in [3.05, 3.63) is 29.8 Å². The van der Waals surface area contributed by atoms with Crippen LogP contribution >= 0.6 is 0 Å². The molecule has 3 fully saturated rings. The van der Waals surface area contributed by atoms with E-state index >= 15 is 0 Å². The molecular formula is C25H25F4N5O4. The van der Waals surface area contributed by atoms with Crippen molar-refractivity contribution in [1.82, 2.24) is 16.0 Å². The first-order valence-corrected chi connectivity index (χ1v) is 12.4. The second kappa shape index (κ2) is 9.04. The molecule has 38 heavy (non-hydrogen) atoms. The first-order chi connectivity index (χ1) is 17.9. The Labute approximate surface area is 214 Å². The number of carbonyl (C=O) groups excluding carboxylic acids is 4. The highest BCUT2D eigenvalue weighted by Crippen LogP contribution is 2.47. The molecule has 4 amide bonds. The lowest BCUT2D eigenvalue weighted by Gasteiger charge is -2.28. The summed E-state index contributed by atoms with van der Waals surface area (Å²) in [4.78, 5) is 53.1. The predicted molar refractivity (Wildman–Crippen MR) is 123 cm³/mol. The van der Waals surface area contributed by atoms with Gasteiger partial charge < -0.3 is 16.0 Å². The second-order valence-electron chi connectivity index (χ2n) is 10.5. The summed E-state index contributed by atoms with van der Waals surface area (Å²) in [5, 5.41) is 16.1. The van der Waals surface area contributed by atoms with E-state index in [0.29, 0.717) is 11.3 Å². The summed E-state index contributed by atoms with van der Waals surface area (Å²) in [7, 11) is 0. The highest BCUT2D eigenvalue weighted by molar-refractivity contribution is 6.24. The van der Waals surface area contributed by atoms with Crippen LogP contribution in [-0.2, 0) is 24.6 Å². The third-order valence-corrected chi connectivity index (χ3v) is 7.77. The monoisotopic (exact) mass is 535 g/mol. The van der Waals surface area contributed by atoms with Gasteiger partial charge >= 0.3 is 12.1 Å². The van der Waals surface area contributed by atoms with Gasteiger partial charge in [0.2, 0.25) is 11.8 Å². The SMILES string of the molecule is N#C[C@@H]1C[C@@]2(CN1)C(=O)N(C(=O)C(CC1CC1)NC(=O)C(NC(=O)C(F)(F)F)C1(F)CC1)c1ccccc12. The van der Waals surface area contributed by atoms with Gasteiger partial charge in [0.25, 0.3) is 5.91 Å². The van der Waals surface area contributed by atoms with Gasteiger partial charge in [-0.3, -0.25) is 19.2 Å². The Hall–Kier alpha value is -3.53. The fourth-order valence-electron chi connectivity index (χ4n) is 5.35. The van der Waals surface area contributed by atoms with Crippen molar-refractivity contribution in [1.29, 1.82) is 5.26 Å². The van der Waals surface area contributed by atoms with Crippen molar-refractivity contribution in [3.63, 3.8) is 0 Å². The maximum atomic E-state index is 14.9. The molecule has 9 nitrogen and oxygen atoms in total. The van der Waals surface area contributed by atoms with Crippen LogP contribution in [0.15, 0.2) is 24.3 Å². The summed E-state index contributed by atoms with van der Waals surface area (Å²) in [6, 6.07) is 4.59. The highest BCUT2D eigenvalue weighted by atomic mass is 19.4. The Bertz CT molecular complexity index is 1240. The van der Waals surface area contributed by atoms with Crippen molar-refractivity contribution in [2.75, 3.05) is 11.4 Å². The number of nitriles is 1. The number of imide groups is 1. The number of halogens is 4. The summed E-state index contributed by atoms with van der Waals surface area (Å²) in [5.41, 5.74) is -2.68. The molecule has 0 aromatic heterocycles. The Morgan fingerprint density at radius 3 is 2.45 bits per heavy atom. The second-order valence-corrected chi connectivity index (χ2v) is 10.5. The van der Waals surface area contributed by atoms with Crippen LogP contribution in [0, 0.1) is 17.2 Å². The number of alkyl halides is 4. The van der Waals surface area contributed by atoms with Gasteiger partial charge in [-0.15, -0.1) is 0 Å². The molecule has 1 spiro atoms. The van der Waals surface area contributed by atoms with Gasteiger partial charge in [-0.25, -0.2) is 9.29 Å². The molecule has 2 aliphatic heterocycles. The number of amides is 4. The average molecular weight is 535 g/mol. The summed E-state index contributed by atoms with van der Waals surface area (Å²) in [6.07, 6.45) is -4.04. The zero-order valence-electron chi connectivity index (χ0n) is 20.1. The zero-order valence-corrected chi connectivity index (χ0v) is 20.1. The van der Waals surface area contributed by atoms with Gasteiger partial charge in [0.05, 0.1) is 23.2 Å². The van der Waals surface area contributed by atoms with E-state index in [9.17, 15) is 42.0 Å². The first-order valence-electron chi connectivity index (χ1n) is 12.4. The van der Waals surface area contributed by atoms with Gasteiger partial charge in [-0.1, -0.05) is 31.0 Å². The summed E-state index contributed by atoms with van der Waals surface area (Å²) in [5.74, 6) is -5.06. The summed E-state index contributed by atoms with van der Waals surface area (Å²) < 4.78 is 53.4. The van der Waals surface area contributed by atoms with Crippen LogP contribution in [0.1, 0.15) is 44.1 Å². The fourth-order valence-corrected chi connectivity index (χ4v) is 5.35. The number of rotatable bonds is 7. The van der Waals surface area contributed by atoms with Gasteiger partial charge in [0.1, 0.15) is 17.8 Å². The number of nitrogens with one attached hydrogen (secondary N) is 3. The van der Waals surface area contributed by atoms with Crippen LogP contribution < -0.4 is 20.9 Å². The fraction of sp³-hybridized carbons (Fsp3) is 0.560. The molecule has 2 aliphatic carbocycles. The van der Waals surface area contributed by atoms with E-state index in [1.54, 1.807) is 24.3 Å². The lowest BCUT2D eigenvalue weighted by Crippen LogP contribution is -2.60. The molecule has 3 N–H and O–H groups in total. The molecular weight excluding hydrogens is 510 g/mol. The minimum Gasteiger partial charge on any atom is -0.342 e. The minimum absolute atomic E-state index is 0.0331. The van der Waals surface area contributed by atoms with Crippen LogP contribution in [0.5, 0.6) is 0 Å². The minimum atomic E-state index is -5.33. The number of fused-ring (bicyclic) bond motifs is 2. The Morgan fingerprint density at radius 2 is 1.87 bits per heavy atom. The Balaban J connectivity index is 1.42. The van der Waals surface area contributed by atoms with Gasteiger partial charge in [-0.05, 0) is 43.2 Å². The van der Waals surface area contributed by atoms with Crippen molar-refractivity contribution in [2.45, 2.75) is 73.9 Å². The molecule has 4 atom stereocenters. The van der Waals surface area contributed by atoms with Crippen LogP contribution in [0.3, 0.4) is 0 Å². The van der Waals surface area contributed by atoms with Gasteiger partial charge in [-0.2, -0.15) is 18.4 Å². The van der Waals surface area contributed by atoms with Crippen LogP contribution in [0.4, 0.5) is 23.2 Å². The standard InChI is InChI=1S/C25H25F4N5O4/c26-24(7-8-24)18(33-21(37)25(27,28)29)19(35)32-16(9-13-5-6-13)20(36)34-17-4-2-1-3-15(17)23(22(34)38)10-14(11-30)31-12-23/h1-4,13-14,16,18,31H,5-10,12H2,(H,32,35)(H,33,37)/t14-,16?,18?,23-/m0/s1. The predicted octanol–water partition coefficient (Wildman–Crippen LogP) is 1.52. The molecule has 5 rings (SSSR count). The van der Waals surface area contributed by atoms with Gasteiger partial charge in [0, 0.05) is 6.54 Å². The molecule has 4 aliphatic rings. The van der Waals surface area contributed by atoms with E-state index in [1.807, 2.05) is 0 Å². The smallest absolute Gasteiger partial charge is 0.342 e. The number of nitrogens with zero attached hydrogens (tertiary/aromatic N) is 2. The molecule has 2 unspecified atom stereocenters. The Morgan fingerprint density at radius 1 is 1.18 bits per heavy atom. The van der Waals surface area contributed by atoms with Crippen LogP contribution in [0.25, 0.3) is 0 Å². The summed E-state index contributed by atoms with van der Waals surface area (Å²) >= 11 is 0. The van der Waals surface area contributed by atoms with Crippen LogP contribution in [0.2, 0.25) is 0 Å². The van der Waals surface area contributed by atoms with E-state index in [4.69, 9.17) is 0 Å². The van der Waals surface area contributed by atoms with E-state index in [0.717, 1.165) is 17.7 Å². The molecule has 0 radical (unpaired) electrons. The molecule has 13 heteroatoms. The molecule has 2 saturated carbocycles. The normalized spacial score (nSPS) is 26.9. The maximum Gasteiger partial charge on any atom is 0.471 e. The number of benzene rings is 1. The molecule has 1 aromatic carbocycles. The number of carbonyl (C=O) groups is 4. The van der Waals surface area contributed by atoms with Crippen molar-refractivity contribution >= 4 is 29.3 Å². The first kappa shape index (κ1) is 26.1. The lowest BCUT2D eigenvalue weighted by molar-refractivity contribution is -0.175. The van der Waals surface area contributed by atoms with Crippen molar-refractivity contribution in [3.8, 4) is 6.07 Å². The maximum absolute atomic E-state index is 14.9. The zero-order chi connectivity index (χ0) is 27.5. The topological polar surface area (TPSA) is 131 Å². The third-order valence-electron chi connectivity index (χ3n) is 7.77. The largest absolute Gasteiger partial charge is 0.471 e. The van der Waals surface area contributed by atoms with Crippen LogP contribution in [-0.4, -0.2) is 60.1 Å². The number of para-hydroxylation sites is 1. The number of hydrogen-bond acceptors (Lipinski definition) is 6. The van der Waals surface area contributed by atoms with E-state index in [-0.39, 0.29) is 38.1 Å². The number of hydrogen-bond donors (Lipinski definition) is 3. The quantitative estimate of drug-likeness (QED) is 0.454. The molecule has 2 heterocycles. The van der Waals surface area contributed by atoms with E-state index in [1.165, 1.54) is 5.32 Å². The lowest BCUT2D eigenvalue weighted by atomic mass is 9.79. The molecule has 1 aromatic rings. The third kappa shape index (κ3) is 4.51. The highest BCUT2D eigenvalue weighted by Gasteiger charge is 2.59. The van der Waals surface area contributed by atoms with E-state index < -0.39 is 59.0 Å². The van der Waals surface area contributed by atoms with Crippen molar-refractivity contribution < 1.29 is 36.7 Å². The summed E-state index contributed by atoms with van der Waals surface area (Å²) in [6.45, 7) is 0.125. The van der Waals surface area contributed by atoms with Crippen molar-refractivity contribution in [2.24, 2.45) is 5.92 Å². The van der Waals surface area contributed by atoms with Gasteiger partial charge in [0.15, 0.2) is 0 Å². The molecule has 202 valence electrons. The van der Waals surface area contributed by atoms with E-state index in [2.05, 4.69) is 16.7 Å². The average Bonchev–Trinajstić information content (AvgIpc) is 3.78. The Kier molecular flexibility index (Phi) is 6.21.